The van der Waals surface area contributed by atoms with Crippen LogP contribution in [0.2, 0.25) is 0 Å². The number of nitrogens with one attached hydrogen (secondary N) is 1. The Hall–Kier alpha value is -1.35. The van der Waals surface area contributed by atoms with E-state index in [9.17, 15) is 4.79 Å². The van der Waals surface area contributed by atoms with E-state index in [1.807, 2.05) is 6.92 Å². The van der Waals surface area contributed by atoms with Crippen LogP contribution in [0.3, 0.4) is 0 Å². The maximum absolute atomic E-state index is 11.1. The highest BCUT2D eigenvalue weighted by Crippen LogP contribution is 2.09. The maximum atomic E-state index is 11.1. The number of hydrogen-bond donors (Lipinski definition) is 1. The number of hydrogen-bond acceptors (Lipinski definition) is 3. The summed E-state index contributed by atoms with van der Waals surface area (Å²) >= 11 is 0. The molecule has 1 aromatic rings. The summed E-state index contributed by atoms with van der Waals surface area (Å²) in [5.41, 5.74) is 2.81. The third kappa shape index (κ3) is 6.71. The zero-order valence-electron chi connectivity index (χ0n) is 12.8. The Morgan fingerprint density at radius 2 is 1.85 bits per heavy atom. The summed E-state index contributed by atoms with van der Waals surface area (Å²) in [5.74, 6) is -0.0719. The first-order valence-electron chi connectivity index (χ1n) is 7.71. The smallest absolute Gasteiger partial charge is 0.305 e. The van der Waals surface area contributed by atoms with E-state index in [0.717, 1.165) is 38.8 Å². The van der Waals surface area contributed by atoms with E-state index in [2.05, 4.69) is 36.5 Å². The van der Waals surface area contributed by atoms with Crippen molar-refractivity contribution in [2.24, 2.45) is 0 Å². The first kappa shape index (κ1) is 16.7. The van der Waals surface area contributed by atoms with Gasteiger partial charge in [-0.3, -0.25) is 4.79 Å². The van der Waals surface area contributed by atoms with Gasteiger partial charge in [-0.1, -0.05) is 37.6 Å². The van der Waals surface area contributed by atoms with E-state index in [1.165, 1.54) is 11.1 Å². The minimum atomic E-state index is -0.0719. The summed E-state index contributed by atoms with van der Waals surface area (Å²) in [6, 6.07) is 8.57. The fourth-order valence-corrected chi connectivity index (χ4v) is 2.23. The minimum absolute atomic E-state index is 0.0719. The molecule has 1 rings (SSSR count). The zero-order chi connectivity index (χ0) is 14.6. The molecule has 0 radical (unpaired) electrons. The fraction of sp³-hybridized carbons (Fsp3) is 0.588. The normalized spacial score (nSPS) is 10.5. The van der Waals surface area contributed by atoms with Crippen molar-refractivity contribution in [1.82, 2.24) is 5.32 Å². The number of carbonyl (C=O) groups excluding carboxylic acids is 1. The first-order chi connectivity index (χ1) is 9.77. The van der Waals surface area contributed by atoms with Gasteiger partial charge in [-0.25, -0.2) is 0 Å². The lowest BCUT2D eigenvalue weighted by Gasteiger charge is -2.09. The molecule has 0 aliphatic carbocycles. The Labute approximate surface area is 122 Å². The van der Waals surface area contributed by atoms with Crippen LogP contribution in [0.25, 0.3) is 0 Å². The molecule has 0 bridgehead atoms. The first-order valence-corrected chi connectivity index (χ1v) is 7.71. The second-order valence-electron chi connectivity index (χ2n) is 4.91. The van der Waals surface area contributed by atoms with E-state index >= 15 is 0 Å². The van der Waals surface area contributed by atoms with E-state index in [0.29, 0.717) is 13.0 Å². The van der Waals surface area contributed by atoms with E-state index in [-0.39, 0.29) is 5.97 Å². The largest absolute Gasteiger partial charge is 0.466 e. The summed E-state index contributed by atoms with van der Waals surface area (Å²) in [5, 5.41) is 3.47. The molecule has 20 heavy (non-hydrogen) atoms. The van der Waals surface area contributed by atoms with Gasteiger partial charge in [0.05, 0.1) is 6.61 Å². The Bertz CT molecular complexity index is 390. The minimum Gasteiger partial charge on any atom is -0.466 e. The van der Waals surface area contributed by atoms with Crippen LogP contribution < -0.4 is 5.32 Å². The van der Waals surface area contributed by atoms with E-state index in [1.54, 1.807) is 0 Å². The third-order valence-corrected chi connectivity index (χ3v) is 3.35. The lowest BCUT2D eigenvalue weighted by atomic mass is 10.1. The van der Waals surface area contributed by atoms with Gasteiger partial charge in [-0.2, -0.15) is 0 Å². The molecule has 3 nitrogen and oxygen atoms in total. The molecule has 1 aromatic carbocycles. The molecule has 0 aromatic heterocycles. The van der Waals surface area contributed by atoms with Gasteiger partial charge in [0.2, 0.25) is 0 Å². The van der Waals surface area contributed by atoms with Crippen molar-refractivity contribution < 1.29 is 9.53 Å². The summed E-state index contributed by atoms with van der Waals surface area (Å²) < 4.78 is 4.90. The van der Waals surface area contributed by atoms with Gasteiger partial charge in [0.25, 0.3) is 0 Å². The lowest BCUT2D eigenvalue weighted by molar-refractivity contribution is -0.143. The average Bonchev–Trinajstić information content (AvgIpc) is 2.47. The molecule has 1 N–H and O–H groups in total. The quantitative estimate of drug-likeness (QED) is 0.526. The monoisotopic (exact) mass is 277 g/mol. The van der Waals surface area contributed by atoms with E-state index < -0.39 is 0 Å². The number of esters is 1. The van der Waals surface area contributed by atoms with E-state index in [4.69, 9.17) is 4.74 Å². The number of rotatable bonds is 10. The Morgan fingerprint density at radius 1 is 1.10 bits per heavy atom. The van der Waals surface area contributed by atoms with Crippen LogP contribution in [0.4, 0.5) is 0 Å². The summed E-state index contributed by atoms with van der Waals surface area (Å²) in [6.45, 7) is 6.45. The van der Waals surface area contributed by atoms with Gasteiger partial charge in [-0.15, -0.1) is 0 Å². The molecule has 0 fully saturated rings. The highest BCUT2D eigenvalue weighted by atomic mass is 16.5. The van der Waals surface area contributed by atoms with Crippen LogP contribution in [0.1, 0.15) is 50.7 Å². The molecule has 112 valence electrons. The van der Waals surface area contributed by atoms with Crippen molar-refractivity contribution in [1.29, 1.82) is 0 Å². The molecule has 0 unspecified atom stereocenters. The van der Waals surface area contributed by atoms with Gasteiger partial charge in [0.1, 0.15) is 0 Å². The van der Waals surface area contributed by atoms with Crippen LogP contribution in [0.15, 0.2) is 24.3 Å². The topological polar surface area (TPSA) is 38.3 Å². The number of aryl methyl sites for hydroxylation is 1. The molecule has 0 aliphatic heterocycles. The third-order valence-electron chi connectivity index (χ3n) is 3.35. The highest BCUT2D eigenvalue weighted by Gasteiger charge is 2.01. The molecule has 0 heterocycles. The Morgan fingerprint density at radius 3 is 2.55 bits per heavy atom. The molecule has 0 saturated carbocycles. The van der Waals surface area contributed by atoms with Crippen LogP contribution >= 0.6 is 0 Å². The van der Waals surface area contributed by atoms with Crippen molar-refractivity contribution >= 4 is 5.97 Å². The molecule has 0 saturated heterocycles. The zero-order valence-corrected chi connectivity index (χ0v) is 12.8. The van der Waals surface area contributed by atoms with Gasteiger partial charge >= 0.3 is 5.97 Å². The van der Waals surface area contributed by atoms with Gasteiger partial charge in [0.15, 0.2) is 0 Å². The van der Waals surface area contributed by atoms with Crippen molar-refractivity contribution in [3.63, 3.8) is 0 Å². The van der Waals surface area contributed by atoms with Crippen molar-refractivity contribution in [3.8, 4) is 0 Å². The van der Waals surface area contributed by atoms with Crippen LogP contribution in [-0.4, -0.2) is 19.1 Å². The molecule has 0 amide bonds. The van der Waals surface area contributed by atoms with Crippen molar-refractivity contribution in [2.75, 3.05) is 13.2 Å². The second-order valence-corrected chi connectivity index (χ2v) is 4.91. The predicted molar refractivity (Wildman–Crippen MR) is 82.6 cm³/mol. The molecule has 0 aliphatic rings. The Kier molecular flexibility index (Phi) is 8.72. The standard InChI is InChI=1S/C17H27NO2/c1-3-15-10-7-8-11-16(15)14-18-13-9-5-6-12-17(19)20-4-2/h7-8,10-11,18H,3-6,9,12-14H2,1-2H3. The Balaban J connectivity index is 2.06. The number of benzene rings is 1. The summed E-state index contributed by atoms with van der Waals surface area (Å²) in [7, 11) is 0. The molecule has 3 heteroatoms. The van der Waals surface area contributed by atoms with Crippen LogP contribution in [0.5, 0.6) is 0 Å². The number of carbonyl (C=O) groups is 1. The molecule has 0 atom stereocenters. The van der Waals surface area contributed by atoms with Crippen LogP contribution in [-0.2, 0) is 22.5 Å². The van der Waals surface area contributed by atoms with Gasteiger partial charge in [0, 0.05) is 13.0 Å². The van der Waals surface area contributed by atoms with Crippen molar-refractivity contribution in [2.45, 2.75) is 52.5 Å². The fourth-order valence-electron chi connectivity index (χ4n) is 2.23. The second kappa shape index (κ2) is 10.4. The van der Waals surface area contributed by atoms with Gasteiger partial charge < -0.3 is 10.1 Å². The van der Waals surface area contributed by atoms with Crippen molar-refractivity contribution in [3.05, 3.63) is 35.4 Å². The molecular weight excluding hydrogens is 250 g/mol. The molecule has 0 spiro atoms. The summed E-state index contributed by atoms with van der Waals surface area (Å²) in [6.07, 6.45) is 4.73. The lowest BCUT2D eigenvalue weighted by Crippen LogP contribution is -2.15. The number of unbranched alkanes of at least 4 members (excludes halogenated alkanes) is 2. The van der Waals surface area contributed by atoms with Gasteiger partial charge in [-0.05, 0) is 43.9 Å². The number of ether oxygens (including phenoxy) is 1. The highest BCUT2D eigenvalue weighted by molar-refractivity contribution is 5.69. The summed E-state index contributed by atoms with van der Waals surface area (Å²) in [4.78, 5) is 11.1. The SMILES string of the molecule is CCOC(=O)CCCCCNCc1ccccc1CC. The predicted octanol–water partition coefficient (Wildman–Crippen LogP) is 3.46. The maximum Gasteiger partial charge on any atom is 0.305 e. The molecular formula is C17H27NO2. The average molecular weight is 277 g/mol. The van der Waals surface area contributed by atoms with Crippen LogP contribution in [0, 0.1) is 0 Å².